The highest BCUT2D eigenvalue weighted by molar-refractivity contribution is 9.10. The van der Waals surface area contributed by atoms with Crippen LogP contribution in [-0.4, -0.2) is 38.4 Å². The summed E-state index contributed by atoms with van der Waals surface area (Å²) < 4.78 is 23.9. The Labute approximate surface area is 151 Å². The first kappa shape index (κ1) is 20.4. The second kappa shape index (κ2) is 7.48. The van der Waals surface area contributed by atoms with Crippen molar-refractivity contribution in [2.75, 3.05) is 13.1 Å². The van der Waals surface area contributed by atoms with Crippen LogP contribution in [-0.2, 0) is 10.0 Å². The number of halogens is 2. The van der Waals surface area contributed by atoms with E-state index >= 15 is 0 Å². The second-order valence-electron chi connectivity index (χ2n) is 5.77. The van der Waals surface area contributed by atoms with Crippen LogP contribution in [0.3, 0.4) is 0 Å². The van der Waals surface area contributed by atoms with E-state index in [1.807, 2.05) is 6.92 Å². The number of rotatable bonds is 3. The van der Waals surface area contributed by atoms with Gasteiger partial charge in [0.05, 0.1) is 4.90 Å². The van der Waals surface area contributed by atoms with Gasteiger partial charge in [0.2, 0.25) is 10.0 Å². The summed E-state index contributed by atoms with van der Waals surface area (Å²) in [5, 5.41) is 5.23. The Kier molecular flexibility index (Phi) is 6.63. The maximum Gasteiger partial charge on any atom is 0.254 e. The highest BCUT2D eigenvalue weighted by Crippen LogP contribution is 2.29. The van der Waals surface area contributed by atoms with Gasteiger partial charge >= 0.3 is 0 Å². The van der Waals surface area contributed by atoms with Crippen molar-refractivity contribution >= 4 is 44.3 Å². The normalized spacial score (nSPS) is 21.2. The minimum absolute atomic E-state index is 0. The molecule has 1 heterocycles. The van der Waals surface area contributed by atoms with Gasteiger partial charge in [-0.15, -0.1) is 12.4 Å². The van der Waals surface area contributed by atoms with Crippen LogP contribution in [0.4, 0.5) is 0 Å². The van der Waals surface area contributed by atoms with Gasteiger partial charge < -0.3 is 10.6 Å². The molecule has 2 unspecified atom stereocenters. The molecule has 2 atom stereocenters. The molecular formula is C14H21BrClN3O3S. The Morgan fingerprint density at radius 3 is 2.52 bits per heavy atom. The minimum Gasteiger partial charge on any atom is -0.336 e. The summed E-state index contributed by atoms with van der Waals surface area (Å²) >= 11 is 3.25. The number of amides is 1. The van der Waals surface area contributed by atoms with Gasteiger partial charge in [0.15, 0.2) is 0 Å². The average molecular weight is 427 g/mol. The summed E-state index contributed by atoms with van der Waals surface area (Å²) in [6.07, 6.45) is 0.858. The molecule has 0 aromatic heterocycles. The number of sulfonamides is 1. The fraction of sp³-hybridized carbons (Fsp3) is 0.500. The van der Waals surface area contributed by atoms with Crippen molar-refractivity contribution in [1.82, 2.24) is 4.90 Å². The molecule has 6 nitrogen and oxygen atoms in total. The van der Waals surface area contributed by atoms with E-state index in [0.717, 1.165) is 6.42 Å². The van der Waals surface area contributed by atoms with Crippen LogP contribution in [0, 0.1) is 12.8 Å². The van der Waals surface area contributed by atoms with Crippen LogP contribution in [0.25, 0.3) is 0 Å². The topological polar surface area (TPSA) is 106 Å². The molecule has 23 heavy (non-hydrogen) atoms. The SMILES string of the molecule is Cc1c(C(=O)N2CC(CN)CC2C)cc(Br)cc1S(N)(=O)=O.Cl. The zero-order valence-corrected chi connectivity index (χ0v) is 16.2. The molecule has 0 spiro atoms. The van der Waals surface area contributed by atoms with Gasteiger partial charge in [0, 0.05) is 22.6 Å². The highest BCUT2D eigenvalue weighted by Gasteiger charge is 2.33. The number of benzene rings is 1. The van der Waals surface area contributed by atoms with E-state index in [1.165, 1.54) is 6.07 Å². The third-order valence-corrected chi connectivity index (χ3v) is 5.61. The van der Waals surface area contributed by atoms with Crippen LogP contribution >= 0.6 is 28.3 Å². The smallest absolute Gasteiger partial charge is 0.254 e. The lowest BCUT2D eigenvalue weighted by atomic mass is 10.1. The predicted octanol–water partition coefficient (Wildman–Crippen LogP) is 1.64. The van der Waals surface area contributed by atoms with Crippen molar-refractivity contribution < 1.29 is 13.2 Å². The van der Waals surface area contributed by atoms with E-state index in [4.69, 9.17) is 10.9 Å². The predicted molar refractivity (Wildman–Crippen MR) is 95.2 cm³/mol. The number of nitrogens with zero attached hydrogens (tertiary/aromatic N) is 1. The fourth-order valence-corrected chi connectivity index (χ4v) is 4.36. The second-order valence-corrected chi connectivity index (χ2v) is 8.21. The summed E-state index contributed by atoms with van der Waals surface area (Å²) in [5.74, 6) is 0.0938. The molecular weight excluding hydrogens is 406 g/mol. The summed E-state index contributed by atoms with van der Waals surface area (Å²) in [6, 6.07) is 3.13. The Morgan fingerprint density at radius 1 is 1.43 bits per heavy atom. The van der Waals surface area contributed by atoms with Gasteiger partial charge in [-0.05, 0) is 50.4 Å². The van der Waals surface area contributed by atoms with Gasteiger partial charge in [0.1, 0.15) is 0 Å². The zero-order chi connectivity index (χ0) is 16.7. The van der Waals surface area contributed by atoms with Crippen LogP contribution in [0.2, 0.25) is 0 Å². The lowest BCUT2D eigenvalue weighted by Gasteiger charge is -2.23. The monoisotopic (exact) mass is 425 g/mol. The van der Waals surface area contributed by atoms with Crippen molar-refractivity contribution in [1.29, 1.82) is 0 Å². The number of nitrogens with two attached hydrogens (primary N) is 2. The Morgan fingerprint density at radius 2 is 2.04 bits per heavy atom. The maximum atomic E-state index is 12.8. The number of primary sulfonamides is 1. The first-order chi connectivity index (χ1) is 10.1. The summed E-state index contributed by atoms with van der Waals surface area (Å²) in [7, 11) is -3.89. The van der Waals surface area contributed by atoms with Crippen molar-refractivity contribution in [2.45, 2.75) is 31.2 Å². The van der Waals surface area contributed by atoms with Crippen molar-refractivity contribution in [2.24, 2.45) is 16.8 Å². The zero-order valence-electron chi connectivity index (χ0n) is 13.0. The van der Waals surface area contributed by atoms with Gasteiger partial charge in [-0.3, -0.25) is 4.79 Å². The third-order valence-electron chi connectivity index (χ3n) is 4.12. The summed E-state index contributed by atoms with van der Waals surface area (Å²) in [6.45, 7) is 4.70. The number of carbonyl (C=O) groups excluding carboxylic acids is 1. The molecule has 0 bridgehead atoms. The standard InChI is InChI=1S/C14H20BrN3O3S.ClH/c1-8-3-10(6-16)7-18(8)14(19)12-4-11(15)5-13(9(12)2)22(17,20)21;/h4-5,8,10H,3,6-7,16H2,1-2H3,(H2,17,20,21);1H. The largest absolute Gasteiger partial charge is 0.336 e. The maximum absolute atomic E-state index is 12.8. The van der Waals surface area contributed by atoms with E-state index in [1.54, 1.807) is 17.9 Å². The Hall–Kier alpha value is -0.670. The quantitative estimate of drug-likeness (QED) is 0.766. The molecule has 1 aromatic rings. The van der Waals surface area contributed by atoms with E-state index in [2.05, 4.69) is 15.9 Å². The van der Waals surface area contributed by atoms with Crippen molar-refractivity contribution in [3.8, 4) is 0 Å². The van der Waals surface area contributed by atoms with E-state index in [9.17, 15) is 13.2 Å². The number of hydrogen-bond donors (Lipinski definition) is 2. The van der Waals surface area contributed by atoms with Gasteiger partial charge in [-0.25, -0.2) is 13.6 Å². The molecule has 130 valence electrons. The molecule has 1 aliphatic heterocycles. The number of carbonyl (C=O) groups is 1. The molecule has 0 aliphatic carbocycles. The van der Waals surface area contributed by atoms with E-state index < -0.39 is 10.0 Å². The van der Waals surface area contributed by atoms with Crippen molar-refractivity contribution in [3.63, 3.8) is 0 Å². The Balaban J connectivity index is 0.00000264. The first-order valence-corrected chi connectivity index (χ1v) is 9.33. The molecule has 1 fully saturated rings. The minimum atomic E-state index is -3.89. The number of likely N-dealkylation sites (tertiary alicyclic amines) is 1. The fourth-order valence-electron chi connectivity index (χ4n) is 2.92. The lowest BCUT2D eigenvalue weighted by Crippen LogP contribution is -2.35. The highest BCUT2D eigenvalue weighted by atomic mass is 79.9. The number of hydrogen-bond acceptors (Lipinski definition) is 4. The first-order valence-electron chi connectivity index (χ1n) is 6.99. The van der Waals surface area contributed by atoms with Crippen LogP contribution < -0.4 is 10.9 Å². The molecule has 1 amide bonds. The molecule has 0 radical (unpaired) electrons. The molecule has 2 rings (SSSR count). The molecule has 1 saturated heterocycles. The van der Waals surface area contributed by atoms with Crippen LogP contribution in [0.5, 0.6) is 0 Å². The molecule has 1 aliphatic rings. The van der Waals surface area contributed by atoms with Gasteiger partial charge in [-0.1, -0.05) is 15.9 Å². The molecule has 9 heteroatoms. The van der Waals surface area contributed by atoms with E-state index in [-0.39, 0.29) is 35.2 Å². The molecule has 0 saturated carbocycles. The molecule has 4 N–H and O–H groups in total. The van der Waals surface area contributed by atoms with E-state index in [0.29, 0.717) is 28.7 Å². The van der Waals surface area contributed by atoms with Crippen molar-refractivity contribution in [3.05, 3.63) is 27.7 Å². The lowest BCUT2D eigenvalue weighted by molar-refractivity contribution is 0.0742. The summed E-state index contributed by atoms with van der Waals surface area (Å²) in [4.78, 5) is 14.5. The Bertz CT molecular complexity index is 711. The van der Waals surface area contributed by atoms with Gasteiger partial charge in [0.25, 0.3) is 5.91 Å². The van der Waals surface area contributed by atoms with Gasteiger partial charge in [-0.2, -0.15) is 0 Å². The molecule has 1 aromatic carbocycles. The van der Waals surface area contributed by atoms with Crippen LogP contribution in [0.15, 0.2) is 21.5 Å². The summed E-state index contributed by atoms with van der Waals surface area (Å²) in [5.41, 5.74) is 6.42. The average Bonchev–Trinajstić information content (AvgIpc) is 2.80. The van der Waals surface area contributed by atoms with Crippen LogP contribution in [0.1, 0.15) is 29.3 Å². The third kappa shape index (κ3) is 4.24.